The van der Waals surface area contributed by atoms with Gasteiger partial charge in [-0.05, 0) is 0 Å². The van der Waals surface area contributed by atoms with E-state index in [4.69, 9.17) is 24.4 Å². The van der Waals surface area contributed by atoms with Gasteiger partial charge in [0.05, 0.1) is 32.7 Å². The van der Waals surface area contributed by atoms with Crippen LogP contribution in [0.15, 0.2) is 21.9 Å². The smallest absolute Gasteiger partial charge is 0.330 e. The molecule has 27 heavy (non-hydrogen) atoms. The van der Waals surface area contributed by atoms with E-state index in [-0.39, 0.29) is 26.1 Å². The number of hydrogen-bond acceptors (Lipinski definition) is 8. The van der Waals surface area contributed by atoms with Gasteiger partial charge >= 0.3 is 17.6 Å². The topological polar surface area (TPSA) is 177 Å². The van der Waals surface area contributed by atoms with E-state index in [0.29, 0.717) is 0 Å². The summed E-state index contributed by atoms with van der Waals surface area (Å²) in [4.78, 5) is 46.8. The average Bonchev–Trinajstić information content (AvgIpc) is 2.92. The van der Waals surface area contributed by atoms with Gasteiger partial charge in [-0.2, -0.15) is 0 Å². The number of hydrogen-bond donors (Lipinski definition) is 4. The number of carbonyl (C=O) groups is 2. The van der Waals surface area contributed by atoms with E-state index in [0.717, 1.165) is 10.6 Å². The number of aliphatic carboxylic acids is 2. The summed E-state index contributed by atoms with van der Waals surface area (Å²) < 4.78 is 17.6. The van der Waals surface area contributed by atoms with Gasteiger partial charge in [0.15, 0.2) is 6.23 Å². The highest BCUT2D eigenvalue weighted by molar-refractivity contribution is 5.67. The standard InChI is InChI=1S/C15H20N2O10/c18-7-8-12(25-5-2-10(20)21)13(26-6-3-11(22)23)14(27-8)17-4-1-9(19)16-15(17)24/h1,4,8,12-14,18H,2-3,5-7H2,(H,20,21)(H,22,23)(H,16,19,24)/t8-,12-,13-,14-/m1/s1. The van der Waals surface area contributed by atoms with Gasteiger partial charge in [-0.25, -0.2) is 4.79 Å². The SMILES string of the molecule is O=C(O)CCO[C@@H]1[C@H](OCCC(=O)O)[C@@H](CO)O[C@H]1n1ccc(=O)[nH]c1=O. The van der Waals surface area contributed by atoms with Gasteiger partial charge in [0.1, 0.15) is 18.3 Å². The molecule has 1 aromatic heterocycles. The zero-order valence-corrected chi connectivity index (χ0v) is 14.1. The fraction of sp³-hybridized carbons (Fsp3) is 0.600. The third-order valence-corrected chi connectivity index (χ3v) is 3.84. The van der Waals surface area contributed by atoms with Crippen LogP contribution >= 0.6 is 0 Å². The summed E-state index contributed by atoms with van der Waals surface area (Å²) in [5.41, 5.74) is -1.41. The summed E-state index contributed by atoms with van der Waals surface area (Å²) in [6.07, 6.45) is -3.48. The van der Waals surface area contributed by atoms with Crippen LogP contribution in [0.25, 0.3) is 0 Å². The molecule has 0 radical (unpaired) electrons. The number of aromatic nitrogens is 2. The van der Waals surface area contributed by atoms with E-state index in [1.165, 1.54) is 6.20 Å². The van der Waals surface area contributed by atoms with Gasteiger partial charge in [-0.3, -0.25) is 23.9 Å². The largest absolute Gasteiger partial charge is 0.481 e. The predicted molar refractivity (Wildman–Crippen MR) is 86.3 cm³/mol. The Morgan fingerprint density at radius 3 is 2.22 bits per heavy atom. The van der Waals surface area contributed by atoms with Crippen LogP contribution in [0.5, 0.6) is 0 Å². The lowest BCUT2D eigenvalue weighted by molar-refractivity contribution is -0.143. The molecule has 2 rings (SSSR count). The van der Waals surface area contributed by atoms with E-state index in [1.807, 2.05) is 0 Å². The Morgan fingerprint density at radius 2 is 1.70 bits per heavy atom. The van der Waals surface area contributed by atoms with Crippen molar-refractivity contribution >= 4 is 11.9 Å². The number of nitrogens with zero attached hydrogens (tertiary/aromatic N) is 1. The molecule has 12 heteroatoms. The summed E-state index contributed by atoms with van der Waals surface area (Å²) >= 11 is 0. The molecule has 1 aliphatic rings. The minimum atomic E-state index is -1.12. The van der Waals surface area contributed by atoms with Gasteiger partial charge < -0.3 is 29.5 Å². The quantitative estimate of drug-likeness (QED) is 0.355. The van der Waals surface area contributed by atoms with Crippen molar-refractivity contribution in [3.8, 4) is 0 Å². The Bertz CT molecular complexity index is 772. The molecule has 4 N–H and O–H groups in total. The molecule has 0 aliphatic carbocycles. The zero-order chi connectivity index (χ0) is 20.0. The molecule has 1 fully saturated rings. The highest BCUT2D eigenvalue weighted by Gasteiger charge is 2.47. The Labute approximate surface area is 151 Å². The second-order valence-electron chi connectivity index (χ2n) is 5.72. The maximum Gasteiger partial charge on any atom is 0.330 e. The zero-order valence-electron chi connectivity index (χ0n) is 14.1. The summed E-state index contributed by atoms with van der Waals surface area (Å²) in [6.45, 7) is -0.939. The van der Waals surface area contributed by atoms with Crippen LogP contribution in [0.1, 0.15) is 19.1 Å². The predicted octanol–water partition coefficient (Wildman–Crippen LogP) is -1.85. The van der Waals surface area contributed by atoms with Crippen LogP contribution in [-0.2, 0) is 23.8 Å². The Morgan fingerprint density at radius 1 is 1.11 bits per heavy atom. The fourth-order valence-corrected chi connectivity index (χ4v) is 2.65. The first-order valence-electron chi connectivity index (χ1n) is 8.08. The summed E-state index contributed by atoms with van der Waals surface area (Å²) in [5.74, 6) is -2.19. The van der Waals surface area contributed by atoms with E-state index < -0.39 is 54.3 Å². The number of ether oxygens (including phenoxy) is 3. The van der Waals surface area contributed by atoms with Crippen LogP contribution in [-0.4, -0.2) is 74.9 Å². The number of H-pyrrole nitrogens is 1. The van der Waals surface area contributed by atoms with Crippen LogP contribution < -0.4 is 11.2 Å². The molecule has 150 valence electrons. The molecule has 12 nitrogen and oxygen atoms in total. The number of carboxylic acids is 2. The second kappa shape index (κ2) is 9.41. The molecule has 0 bridgehead atoms. The highest BCUT2D eigenvalue weighted by Crippen LogP contribution is 2.33. The van der Waals surface area contributed by atoms with Crippen molar-refractivity contribution in [3.63, 3.8) is 0 Å². The van der Waals surface area contributed by atoms with Crippen molar-refractivity contribution in [1.29, 1.82) is 0 Å². The molecule has 2 heterocycles. The number of aromatic amines is 1. The van der Waals surface area contributed by atoms with Crippen molar-refractivity contribution in [2.75, 3.05) is 19.8 Å². The van der Waals surface area contributed by atoms with E-state index in [2.05, 4.69) is 4.98 Å². The average molecular weight is 388 g/mol. The third-order valence-electron chi connectivity index (χ3n) is 3.84. The Balaban J connectivity index is 2.26. The van der Waals surface area contributed by atoms with Crippen LogP contribution in [0.3, 0.4) is 0 Å². The first kappa shape index (κ1) is 20.8. The van der Waals surface area contributed by atoms with Crippen molar-refractivity contribution in [2.24, 2.45) is 0 Å². The molecule has 1 aliphatic heterocycles. The second-order valence-corrected chi connectivity index (χ2v) is 5.72. The number of aliphatic hydroxyl groups excluding tert-OH is 1. The van der Waals surface area contributed by atoms with Gasteiger partial charge in [-0.1, -0.05) is 0 Å². The van der Waals surface area contributed by atoms with Gasteiger partial charge in [0.2, 0.25) is 0 Å². The van der Waals surface area contributed by atoms with Crippen molar-refractivity contribution in [3.05, 3.63) is 33.1 Å². The van der Waals surface area contributed by atoms with E-state index >= 15 is 0 Å². The fourth-order valence-electron chi connectivity index (χ4n) is 2.65. The van der Waals surface area contributed by atoms with Gasteiger partial charge in [-0.15, -0.1) is 0 Å². The first-order chi connectivity index (χ1) is 12.8. The molecular formula is C15H20N2O10. The number of carboxylic acid groups (broad SMARTS) is 2. The molecule has 0 amide bonds. The molecule has 1 saturated heterocycles. The van der Waals surface area contributed by atoms with Gasteiger partial charge in [0, 0.05) is 12.3 Å². The lowest BCUT2D eigenvalue weighted by atomic mass is 10.1. The van der Waals surface area contributed by atoms with E-state index in [9.17, 15) is 24.3 Å². The molecule has 1 aromatic rings. The molecule has 0 saturated carbocycles. The monoisotopic (exact) mass is 388 g/mol. The summed E-state index contributed by atoms with van der Waals surface area (Å²) in [6, 6.07) is 1.09. The van der Waals surface area contributed by atoms with Crippen molar-refractivity contribution < 1.29 is 39.1 Å². The van der Waals surface area contributed by atoms with E-state index in [1.54, 1.807) is 0 Å². The maximum atomic E-state index is 12.1. The lowest BCUT2D eigenvalue weighted by Gasteiger charge is -2.24. The Hall–Kier alpha value is -2.54. The highest BCUT2D eigenvalue weighted by atomic mass is 16.6. The minimum Gasteiger partial charge on any atom is -0.481 e. The minimum absolute atomic E-state index is 0.202. The van der Waals surface area contributed by atoms with Crippen LogP contribution in [0.2, 0.25) is 0 Å². The van der Waals surface area contributed by atoms with Crippen LogP contribution in [0.4, 0.5) is 0 Å². The summed E-state index contributed by atoms with van der Waals surface area (Å²) in [5, 5.41) is 27.0. The third kappa shape index (κ3) is 5.47. The van der Waals surface area contributed by atoms with Crippen LogP contribution in [0, 0.1) is 0 Å². The lowest BCUT2D eigenvalue weighted by Crippen LogP contribution is -2.41. The Kier molecular flexibility index (Phi) is 7.24. The van der Waals surface area contributed by atoms with Crippen molar-refractivity contribution in [2.45, 2.75) is 37.4 Å². The van der Waals surface area contributed by atoms with Gasteiger partial charge in [0.25, 0.3) is 5.56 Å². The molecular weight excluding hydrogens is 368 g/mol. The summed E-state index contributed by atoms with van der Waals surface area (Å²) in [7, 11) is 0. The molecule has 4 atom stereocenters. The molecule has 0 unspecified atom stereocenters. The first-order valence-corrected chi connectivity index (χ1v) is 8.08. The number of rotatable bonds is 10. The molecule has 0 aromatic carbocycles. The molecule has 0 spiro atoms. The number of aliphatic hydroxyl groups is 1. The number of nitrogens with one attached hydrogen (secondary N) is 1. The van der Waals surface area contributed by atoms with Crippen molar-refractivity contribution in [1.82, 2.24) is 9.55 Å². The normalized spacial score (nSPS) is 24.8. The maximum absolute atomic E-state index is 12.1.